The van der Waals surface area contributed by atoms with Crippen LogP contribution in [-0.2, 0) is 11.3 Å². The van der Waals surface area contributed by atoms with Crippen LogP contribution in [0.4, 0.5) is 5.69 Å². The zero-order valence-corrected chi connectivity index (χ0v) is 11.5. The Labute approximate surface area is 118 Å². The van der Waals surface area contributed by atoms with E-state index in [-0.39, 0.29) is 5.91 Å². The highest BCUT2D eigenvalue weighted by Crippen LogP contribution is 2.14. The van der Waals surface area contributed by atoms with Gasteiger partial charge in [0.15, 0.2) is 0 Å². The molecule has 2 aromatic rings. The van der Waals surface area contributed by atoms with Crippen LogP contribution in [-0.4, -0.2) is 13.0 Å². The number of carbonyl (C=O) groups is 1. The van der Waals surface area contributed by atoms with E-state index in [0.29, 0.717) is 12.2 Å². The summed E-state index contributed by atoms with van der Waals surface area (Å²) in [7, 11) is 1.64. The van der Waals surface area contributed by atoms with Crippen LogP contribution in [0.15, 0.2) is 53.4 Å². The minimum Gasteiger partial charge on any atom is -0.380 e. The van der Waals surface area contributed by atoms with E-state index in [0.717, 1.165) is 16.1 Å². The molecule has 0 unspecified atom stereocenters. The van der Waals surface area contributed by atoms with Crippen molar-refractivity contribution in [3.05, 3.63) is 59.7 Å². The highest BCUT2D eigenvalue weighted by molar-refractivity contribution is 7.80. The monoisotopic (exact) mass is 273 g/mol. The maximum Gasteiger partial charge on any atom is 0.255 e. The van der Waals surface area contributed by atoms with Crippen molar-refractivity contribution in [3.8, 4) is 0 Å². The Kier molecular flexibility index (Phi) is 4.60. The summed E-state index contributed by atoms with van der Waals surface area (Å²) in [4.78, 5) is 12.8. The molecule has 0 aliphatic rings. The van der Waals surface area contributed by atoms with Gasteiger partial charge in [-0.15, -0.1) is 12.6 Å². The van der Waals surface area contributed by atoms with Crippen molar-refractivity contribution in [1.82, 2.24) is 0 Å². The summed E-state index contributed by atoms with van der Waals surface area (Å²) in [6, 6.07) is 14.7. The van der Waals surface area contributed by atoms with E-state index >= 15 is 0 Å². The van der Waals surface area contributed by atoms with Crippen LogP contribution in [0.5, 0.6) is 0 Å². The van der Waals surface area contributed by atoms with Gasteiger partial charge in [-0.3, -0.25) is 4.79 Å². The number of methoxy groups -OCH3 is 1. The molecule has 1 amide bonds. The number of nitrogens with one attached hydrogen (secondary N) is 1. The van der Waals surface area contributed by atoms with E-state index in [9.17, 15) is 4.79 Å². The van der Waals surface area contributed by atoms with Gasteiger partial charge < -0.3 is 10.1 Å². The SMILES string of the molecule is COCc1cccc(NC(=O)c2cccc(S)c2)c1. The Morgan fingerprint density at radius 1 is 1.21 bits per heavy atom. The minimum atomic E-state index is -0.148. The Morgan fingerprint density at radius 2 is 2.00 bits per heavy atom. The van der Waals surface area contributed by atoms with E-state index in [1.54, 1.807) is 25.3 Å². The number of amides is 1. The molecular formula is C15H15NO2S. The van der Waals surface area contributed by atoms with Gasteiger partial charge >= 0.3 is 0 Å². The van der Waals surface area contributed by atoms with Crippen molar-refractivity contribution in [2.24, 2.45) is 0 Å². The lowest BCUT2D eigenvalue weighted by atomic mass is 10.2. The van der Waals surface area contributed by atoms with Crippen molar-refractivity contribution in [3.63, 3.8) is 0 Å². The molecule has 1 N–H and O–H groups in total. The predicted octanol–water partition coefficient (Wildman–Crippen LogP) is 3.37. The molecule has 0 bridgehead atoms. The molecular weight excluding hydrogens is 258 g/mol. The number of rotatable bonds is 4. The highest BCUT2D eigenvalue weighted by Gasteiger charge is 2.06. The van der Waals surface area contributed by atoms with Gasteiger partial charge in [0.1, 0.15) is 0 Å². The number of thiol groups is 1. The molecule has 19 heavy (non-hydrogen) atoms. The number of carbonyl (C=O) groups excluding carboxylic acids is 1. The zero-order valence-electron chi connectivity index (χ0n) is 10.6. The third kappa shape index (κ3) is 3.84. The van der Waals surface area contributed by atoms with Gasteiger partial charge in [0.05, 0.1) is 6.61 Å². The largest absolute Gasteiger partial charge is 0.380 e. The molecule has 0 aliphatic carbocycles. The zero-order chi connectivity index (χ0) is 13.7. The summed E-state index contributed by atoms with van der Waals surface area (Å²) in [5.74, 6) is -0.148. The summed E-state index contributed by atoms with van der Waals surface area (Å²) in [5.41, 5.74) is 2.36. The van der Waals surface area contributed by atoms with E-state index < -0.39 is 0 Å². The first kappa shape index (κ1) is 13.6. The molecule has 0 spiro atoms. The molecule has 0 heterocycles. The molecule has 3 nitrogen and oxygen atoms in total. The first-order chi connectivity index (χ1) is 9.19. The Bertz CT molecular complexity index is 584. The molecule has 4 heteroatoms. The van der Waals surface area contributed by atoms with Gasteiger partial charge in [-0.1, -0.05) is 18.2 Å². The first-order valence-corrected chi connectivity index (χ1v) is 6.32. The van der Waals surface area contributed by atoms with Gasteiger partial charge in [0, 0.05) is 23.3 Å². The van der Waals surface area contributed by atoms with Crippen LogP contribution in [0.3, 0.4) is 0 Å². The molecule has 2 aromatic carbocycles. The van der Waals surface area contributed by atoms with Gasteiger partial charge in [0.2, 0.25) is 0 Å². The number of benzene rings is 2. The fourth-order valence-corrected chi connectivity index (χ4v) is 1.98. The molecule has 2 rings (SSSR count). The molecule has 98 valence electrons. The molecule has 0 atom stereocenters. The third-order valence-corrected chi connectivity index (χ3v) is 2.88. The van der Waals surface area contributed by atoms with E-state index in [4.69, 9.17) is 4.74 Å². The van der Waals surface area contributed by atoms with Crippen molar-refractivity contribution in [2.45, 2.75) is 11.5 Å². The second kappa shape index (κ2) is 6.41. The Balaban J connectivity index is 2.12. The van der Waals surface area contributed by atoms with Gasteiger partial charge in [-0.05, 0) is 35.9 Å². The predicted molar refractivity (Wildman–Crippen MR) is 78.8 cm³/mol. The van der Waals surface area contributed by atoms with Crippen molar-refractivity contribution < 1.29 is 9.53 Å². The van der Waals surface area contributed by atoms with E-state index in [1.165, 1.54) is 0 Å². The van der Waals surface area contributed by atoms with Crippen LogP contribution in [0.1, 0.15) is 15.9 Å². The maximum absolute atomic E-state index is 12.1. The summed E-state index contributed by atoms with van der Waals surface area (Å²) in [6.07, 6.45) is 0. The van der Waals surface area contributed by atoms with Gasteiger partial charge in [-0.2, -0.15) is 0 Å². The smallest absolute Gasteiger partial charge is 0.255 e. The van der Waals surface area contributed by atoms with Crippen LogP contribution < -0.4 is 5.32 Å². The van der Waals surface area contributed by atoms with E-state index in [1.807, 2.05) is 30.3 Å². The van der Waals surface area contributed by atoms with Crippen LogP contribution in [0, 0.1) is 0 Å². The van der Waals surface area contributed by atoms with Gasteiger partial charge in [-0.25, -0.2) is 0 Å². The van der Waals surface area contributed by atoms with Crippen molar-refractivity contribution >= 4 is 24.2 Å². The molecule has 0 aliphatic heterocycles. The Hall–Kier alpha value is -1.78. The lowest BCUT2D eigenvalue weighted by Crippen LogP contribution is -2.11. The average molecular weight is 273 g/mol. The Morgan fingerprint density at radius 3 is 2.74 bits per heavy atom. The van der Waals surface area contributed by atoms with Crippen molar-refractivity contribution in [2.75, 3.05) is 12.4 Å². The highest BCUT2D eigenvalue weighted by atomic mass is 32.1. The summed E-state index contributed by atoms with van der Waals surface area (Å²) >= 11 is 4.22. The number of ether oxygens (including phenoxy) is 1. The first-order valence-electron chi connectivity index (χ1n) is 5.87. The minimum absolute atomic E-state index is 0.148. The van der Waals surface area contributed by atoms with Crippen molar-refractivity contribution in [1.29, 1.82) is 0 Å². The lowest BCUT2D eigenvalue weighted by molar-refractivity contribution is 0.102. The normalized spacial score (nSPS) is 10.2. The van der Waals surface area contributed by atoms with Gasteiger partial charge in [0.25, 0.3) is 5.91 Å². The number of hydrogen-bond acceptors (Lipinski definition) is 3. The quantitative estimate of drug-likeness (QED) is 0.838. The summed E-state index contributed by atoms with van der Waals surface area (Å²) in [6.45, 7) is 0.524. The maximum atomic E-state index is 12.1. The standard InChI is InChI=1S/C15H15NO2S/c1-18-10-11-4-2-6-13(8-11)16-15(17)12-5-3-7-14(19)9-12/h2-9,19H,10H2,1H3,(H,16,17). The third-order valence-electron chi connectivity index (χ3n) is 2.60. The number of hydrogen-bond donors (Lipinski definition) is 2. The van der Waals surface area contributed by atoms with Crippen LogP contribution >= 0.6 is 12.6 Å². The summed E-state index contributed by atoms with van der Waals surface area (Å²) < 4.78 is 5.07. The second-order valence-electron chi connectivity index (χ2n) is 4.14. The van der Waals surface area contributed by atoms with E-state index in [2.05, 4.69) is 17.9 Å². The average Bonchev–Trinajstić information content (AvgIpc) is 2.39. The lowest BCUT2D eigenvalue weighted by Gasteiger charge is -2.07. The fourth-order valence-electron chi connectivity index (χ4n) is 1.76. The van der Waals surface area contributed by atoms with Crippen LogP contribution in [0.25, 0.3) is 0 Å². The summed E-state index contributed by atoms with van der Waals surface area (Å²) in [5, 5.41) is 2.86. The molecule has 0 radical (unpaired) electrons. The fraction of sp³-hybridized carbons (Fsp3) is 0.133. The van der Waals surface area contributed by atoms with Crippen LogP contribution in [0.2, 0.25) is 0 Å². The second-order valence-corrected chi connectivity index (χ2v) is 4.65. The molecule has 0 saturated carbocycles. The topological polar surface area (TPSA) is 38.3 Å². The molecule has 0 aromatic heterocycles. The molecule has 0 saturated heterocycles. The molecule has 0 fully saturated rings. The number of anilines is 1.